The zero-order chi connectivity index (χ0) is 14.0. The molecule has 0 radical (unpaired) electrons. The second-order valence-corrected chi connectivity index (χ2v) is 4.79. The van der Waals surface area contributed by atoms with Crippen LogP contribution in [0.25, 0.3) is 0 Å². The van der Waals surface area contributed by atoms with Gasteiger partial charge in [0.1, 0.15) is 5.75 Å². The first-order valence-corrected chi connectivity index (χ1v) is 6.23. The summed E-state index contributed by atoms with van der Waals surface area (Å²) in [5, 5.41) is 12.5. The van der Waals surface area contributed by atoms with Crippen molar-refractivity contribution in [3.05, 3.63) is 58.1 Å². The van der Waals surface area contributed by atoms with Crippen LogP contribution in [-0.2, 0) is 0 Å². The van der Waals surface area contributed by atoms with Crippen LogP contribution in [0.15, 0.2) is 36.4 Å². The summed E-state index contributed by atoms with van der Waals surface area (Å²) in [6.07, 6.45) is 0. The van der Waals surface area contributed by atoms with E-state index in [4.69, 9.17) is 11.6 Å². The van der Waals surface area contributed by atoms with Crippen molar-refractivity contribution < 1.29 is 9.90 Å². The lowest BCUT2D eigenvalue weighted by Gasteiger charge is -2.10. The van der Waals surface area contributed by atoms with Gasteiger partial charge in [0.15, 0.2) is 0 Å². The van der Waals surface area contributed by atoms with Crippen LogP contribution in [0.3, 0.4) is 0 Å². The van der Waals surface area contributed by atoms with Gasteiger partial charge >= 0.3 is 0 Å². The molecule has 0 heterocycles. The molecular weight excluding hydrogens is 262 g/mol. The highest BCUT2D eigenvalue weighted by Crippen LogP contribution is 2.26. The van der Waals surface area contributed by atoms with Crippen molar-refractivity contribution in [3.63, 3.8) is 0 Å². The molecule has 2 N–H and O–H groups in total. The summed E-state index contributed by atoms with van der Waals surface area (Å²) >= 11 is 5.72. The molecule has 2 aromatic rings. The third-order valence-electron chi connectivity index (χ3n) is 2.91. The number of rotatable bonds is 2. The van der Waals surface area contributed by atoms with Crippen molar-refractivity contribution in [3.8, 4) is 5.75 Å². The van der Waals surface area contributed by atoms with Crippen molar-refractivity contribution in [2.45, 2.75) is 13.8 Å². The Labute approximate surface area is 116 Å². The predicted octanol–water partition coefficient (Wildman–Crippen LogP) is 3.91. The highest BCUT2D eigenvalue weighted by atomic mass is 35.5. The Morgan fingerprint density at radius 3 is 2.37 bits per heavy atom. The Morgan fingerprint density at radius 1 is 1.16 bits per heavy atom. The van der Waals surface area contributed by atoms with Gasteiger partial charge in [0.25, 0.3) is 5.91 Å². The Kier molecular flexibility index (Phi) is 3.76. The Hall–Kier alpha value is -2.00. The molecule has 0 atom stereocenters. The summed E-state index contributed by atoms with van der Waals surface area (Å²) in [4.78, 5) is 12.2. The maximum absolute atomic E-state index is 12.2. The van der Waals surface area contributed by atoms with Crippen LogP contribution in [0.5, 0.6) is 5.75 Å². The lowest BCUT2D eigenvalue weighted by atomic mass is 10.0. The molecule has 98 valence electrons. The molecule has 19 heavy (non-hydrogen) atoms. The van der Waals surface area contributed by atoms with Crippen LogP contribution >= 0.6 is 11.6 Å². The summed E-state index contributed by atoms with van der Waals surface area (Å²) < 4.78 is 0. The standard InChI is InChI=1S/C15H14ClNO2/c1-9-4-3-5-10(2)14(9)15(19)17-11-6-7-12(16)13(18)8-11/h3-8,18H,1-2H3,(H,17,19). The van der Waals surface area contributed by atoms with E-state index >= 15 is 0 Å². The van der Waals surface area contributed by atoms with E-state index in [2.05, 4.69) is 5.32 Å². The molecular formula is C15H14ClNO2. The first kappa shape index (κ1) is 13.4. The van der Waals surface area contributed by atoms with E-state index in [1.165, 1.54) is 12.1 Å². The fourth-order valence-corrected chi connectivity index (χ4v) is 2.07. The number of carbonyl (C=O) groups excluding carboxylic acids is 1. The number of phenols is 1. The summed E-state index contributed by atoms with van der Waals surface area (Å²) in [5.41, 5.74) is 2.98. The van der Waals surface area contributed by atoms with Crippen LogP contribution in [-0.4, -0.2) is 11.0 Å². The molecule has 0 saturated heterocycles. The molecule has 3 nitrogen and oxygen atoms in total. The summed E-state index contributed by atoms with van der Waals surface area (Å²) in [7, 11) is 0. The number of hydrogen-bond acceptors (Lipinski definition) is 2. The number of carbonyl (C=O) groups is 1. The summed E-state index contributed by atoms with van der Waals surface area (Å²) in [6.45, 7) is 3.78. The van der Waals surface area contributed by atoms with Gasteiger partial charge in [-0.05, 0) is 37.1 Å². The number of halogens is 1. The Balaban J connectivity index is 2.28. The van der Waals surface area contributed by atoms with E-state index in [-0.39, 0.29) is 16.7 Å². The minimum atomic E-state index is -0.197. The monoisotopic (exact) mass is 275 g/mol. The number of anilines is 1. The number of aryl methyl sites for hydroxylation is 2. The maximum Gasteiger partial charge on any atom is 0.256 e. The molecule has 0 saturated carbocycles. The van der Waals surface area contributed by atoms with Gasteiger partial charge in [0.05, 0.1) is 5.02 Å². The molecule has 2 aromatic carbocycles. The van der Waals surface area contributed by atoms with E-state index < -0.39 is 0 Å². The highest BCUT2D eigenvalue weighted by Gasteiger charge is 2.12. The summed E-state index contributed by atoms with van der Waals surface area (Å²) in [5.74, 6) is -0.252. The van der Waals surface area contributed by atoms with Crippen molar-refractivity contribution in [1.82, 2.24) is 0 Å². The minimum Gasteiger partial charge on any atom is -0.506 e. The molecule has 0 spiro atoms. The SMILES string of the molecule is Cc1cccc(C)c1C(=O)Nc1ccc(Cl)c(O)c1. The molecule has 0 aliphatic rings. The average Bonchev–Trinajstić information content (AvgIpc) is 2.33. The molecule has 0 unspecified atom stereocenters. The highest BCUT2D eigenvalue weighted by molar-refractivity contribution is 6.32. The fourth-order valence-electron chi connectivity index (χ4n) is 1.96. The van der Waals surface area contributed by atoms with Gasteiger partial charge in [-0.1, -0.05) is 29.8 Å². The van der Waals surface area contributed by atoms with E-state index in [0.717, 1.165) is 11.1 Å². The van der Waals surface area contributed by atoms with Gasteiger partial charge in [-0.25, -0.2) is 0 Å². The zero-order valence-electron chi connectivity index (χ0n) is 10.7. The molecule has 0 aliphatic heterocycles. The van der Waals surface area contributed by atoms with Gasteiger partial charge < -0.3 is 10.4 Å². The second kappa shape index (κ2) is 5.33. The topological polar surface area (TPSA) is 49.3 Å². The van der Waals surface area contributed by atoms with Crippen molar-refractivity contribution in [2.75, 3.05) is 5.32 Å². The lowest BCUT2D eigenvalue weighted by Crippen LogP contribution is -2.14. The lowest BCUT2D eigenvalue weighted by molar-refractivity contribution is 0.102. The smallest absolute Gasteiger partial charge is 0.256 e. The average molecular weight is 276 g/mol. The molecule has 4 heteroatoms. The largest absolute Gasteiger partial charge is 0.506 e. The first-order valence-electron chi connectivity index (χ1n) is 5.85. The number of phenolic OH excluding ortho intramolecular Hbond substituents is 1. The third kappa shape index (κ3) is 2.88. The Bertz CT molecular complexity index is 618. The van der Waals surface area contributed by atoms with Gasteiger partial charge in [0.2, 0.25) is 0 Å². The van der Waals surface area contributed by atoms with Crippen molar-refractivity contribution >= 4 is 23.2 Å². The van der Waals surface area contributed by atoms with Crippen LogP contribution in [0.1, 0.15) is 21.5 Å². The van der Waals surface area contributed by atoms with E-state index in [1.807, 2.05) is 32.0 Å². The van der Waals surface area contributed by atoms with Crippen molar-refractivity contribution in [2.24, 2.45) is 0 Å². The predicted molar refractivity (Wildman–Crippen MR) is 77.0 cm³/mol. The minimum absolute atomic E-state index is 0.0547. The molecule has 0 aliphatic carbocycles. The molecule has 2 rings (SSSR count). The van der Waals surface area contributed by atoms with Gasteiger partial charge in [-0.15, -0.1) is 0 Å². The molecule has 0 aromatic heterocycles. The van der Waals surface area contributed by atoms with Crippen LogP contribution < -0.4 is 5.32 Å². The van der Waals surface area contributed by atoms with Crippen LogP contribution in [0.4, 0.5) is 5.69 Å². The fraction of sp³-hybridized carbons (Fsp3) is 0.133. The van der Waals surface area contributed by atoms with E-state index in [9.17, 15) is 9.90 Å². The van der Waals surface area contributed by atoms with Gasteiger partial charge in [0, 0.05) is 17.3 Å². The quantitative estimate of drug-likeness (QED) is 0.873. The van der Waals surface area contributed by atoms with Gasteiger partial charge in [-0.3, -0.25) is 4.79 Å². The normalized spacial score (nSPS) is 10.3. The number of nitrogens with one attached hydrogen (secondary N) is 1. The number of amides is 1. The Morgan fingerprint density at radius 2 is 1.79 bits per heavy atom. The zero-order valence-corrected chi connectivity index (χ0v) is 11.5. The van der Waals surface area contributed by atoms with Gasteiger partial charge in [-0.2, -0.15) is 0 Å². The van der Waals surface area contributed by atoms with E-state index in [1.54, 1.807) is 6.07 Å². The third-order valence-corrected chi connectivity index (χ3v) is 3.23. The molecule has 0 bridgehead atoms. The van der Waals surface area contributed by atoms with Crippen LogP contribution in [0, 0.1) is 13.8 Å². The number of benzene rings is 2. The summed E-state index contributed by atoms with van der Waals surface area (Å²) in [6, 6.07) is 10.3. The number of aromatic hydroxyl groups is 1. The second-order valence-electron chi connectivity index (χ2n) is 4.39. The molecule has 1 amide bonds. The molecule has 0 fully saturated rings. The van der Waals surface area contributed by atoms with E-state index in [0.29, 0.717) is 11.3 Å². The van der Waals surface area contributed by atoms with Crippen molar-refractivity contribution in [1.29, 1.82) is 0 Å². The number of hydrogen-bond donors (Lipinski definition) is 2. The van der Waals surface area contributed by atoms with Crippen LogP contribution in [0.2, 0.25) is 5.02 Å². The first-order chi connectivity index (χ1) is 8.99. The maximum atomic E-state index is 12.2.